The zero-order valence-corrected chi connectivity index (χ0v) is 20.8. The van der Waals surface area contributed by atoms with E-state index < -0.39 is 34.1 Å². The Morgan fingerprint density at radius 1 is 1.29 bits per heavy atom. The number of methoxy groups -OCH3 is 1. The number of ether oxygens (including phenoxy) is 3. The molecule has 2 bridgehead atoms. The van der Waals surface area contributed by atoms with Crippen molar-refractivity contribution in [3.63, 3.8) is 0 Å². The molecule has 186 valence electrons. The molecule has 2 aliphatic heterocycles. The first-order valence-corrected chi connectivity index (χ1v) is 12.3. The third kappa shape index (κ3) is 2.83. The summed E-state index contributed by atoms with van der Waals surface area (Å²) in [7, 11) is 1.40. The molecule has 2 aliphatic carbocycles. The highest BCUT2D eigenvalue weighted by Crippen LogP contribution is 2.72. The molecule has 5 rings (SSSR count). The highest BCUT2D eigenvalue weighted by Gasteiger charge is 2.73. The van der Waals surface area contributed by atoms with Crippen molar-refractivity contribution in [1.29, 1.82) is 0 Å². The van der Waals surface area contributed by atoms with E-state index in [1.165, 1.54) is 7.11 Å². The van der Waals surface area contributed by atoms with Gasteiger partial charge in [0.1, 0.15) is 11.7 Å². The average molecular weight is 473 g/mol. The van der Waals surface area contributed by atoms with E-state index in [1.807, 2.05) is 19.9 Å². The molecule has 4 aliphatic rings. The molecule has 2 saturated heterocycles. The number of esters is 2. The number of hydrogen-bond acceptors (Lipinski definition) is 7. The third-order valence-electron chi connectivity index (χ3n) is 10.2. The fourth-order valence-electron chi connectivity index (χ4n) is 8.07. The third-order valence-corrected chi connectivity index (χ3v) is 10.2. The van der Waals surface area contributed by atoms with Gasteiger partial charge < -0.3 is 23.7 Å². The maximum Gasteiger partial charge on any atom is 0.309 e. The number of aliphatic hydroxyl groups excluding tert-OH is 1. The zero-order valence-electron chi connectivity index (χ0n) is 20.8. The maximum atomic E-state index is 13.0. The molecule has 7 nitrogen and oxygen atoms in total. The number of hydrogen-bond donors (Lipinski definition) is 1. The minimum absolute atomic E-state index is 0.0386. The average Bonchev–Trinajstić information content (AvgIpc) is 3.30. The molecule has 2 saturated carbocycles. The lowest BCUT2D eigenvalue weighted by molar-refractivity contribution is -0.314. The van der Waals surface area contributed by atoms with E-state index in [4.69, 9.17) is 18.6 Å². The molecular formula is C27H36O7. The van der Waals surface area contributed by atoms with Gasteiger partial charge in [-0.15, -0.1) is 0 Å². The van der Waals surface area contributed by atoms with Gasteiger partial charge >= 0.3 is 11.9 Å². The highest BCUT2D eigenvalue weighted by atomic mass is 16.6. The molecule has 0 radical (unpaired) electrons. The first-order valence-electron chi connectivity index (χ1n) is 12.3. The Balaban J connectivity index is 1.62. The van der Waals surface area contributed by atoms with Crippen LogP contribution in [-0.4, -0.2) is 42.0 Å². The number of carbonyl (C=O) groups excluding carboxylic acids is 2. The molecule has 1 N–H and O–H groups in total. The molecule has 0 amide bonds. The van der Waals surface area contributed by atoms with Gasteiger partial charge in [0.15, 0.2) is 0 Å². The molecule has 0 aromatic carbocycles. The van der Waals surface area contributed by atoms with Crippen LogP contribution in [0, 0.1) is 28.1 Å². The normalized spacial score (nSPS) is 45.1. The fraction of sp³-hybridized carbons (Fsp3) is 0.704. The van der Waals surface area contributed by atoms with Gasteiger partial charge in [0.25, 0.3) is 0 Å². The van der Waals surface area contributed by atoms with Crippen LogP contribution in [0.2, 0.25) is 0 Å². The van der Waals surface area contributed by atoms with Crippen LogP contribution in [-0.2, 0) is 23.8 Å². The fourth-order valence-corrected chi connectivity index (χ4v) is 8.07. The summed E-state index contributed by atoms with van der Waals surface area (Å²) >= 11 is 0. The maximum absolute atomic E-state index is 13.0. The standard InChI is InChI=1S/C27H36O7/c1-15-17-7-9-25(4)23(16-8-10-32-14-16)33-22(30)13-27(15,25)34-20-12-19(28)24(2,3)18(26(17,20)5)11-21(29)31-6/h8,10,14,17-20,23,28H,1,7,9,11-13H2,2-6H3/t17?,18?,19?,20?,23?,25-,26-,27+/m0/s1. The van der Waals surface area contributed by atoms with Crippen LogP contribution in [0.15, 0.2) is 35.2 Å². The molecule has 1 spiro atoms. The number of cyclic esters (lactones) is 1. The van der Waals surface area contributed by atoms with Crippen molar-refractivity contribution in [1.82, 2.24) is 0 Å². The Hall–Kier alpha value is -2.12. The minimum Gasteiger partial charge on any atom is -0.472 e. The molecule has 4 fully saturated rings. The summed E-state index contributed by atoms with van der Waals surface area (Å²) in [6.45, 7) is 12.9. The number of furan rings is 1. The first-order chi connectivity index (χ1) is 15.9. The Labute approximate surface area is 200 Å². The predicted octanol–water partition coefficient (Wildman–Crippen LogP) is 4.35. The second-order valence-electron chi connectivity index (χ2n) is 11.8. The molecule has 8 atom stereocenters. The minimum atomic E-state index is -0.908. The van der Waals surface area contributed by atoms with E-state index in [2.05, 4.69) is 20.4 Å². The van der Waals surface area contributed by atoms with E-state index in [9.17, 15) is 14.7 Å². The SMILES string of the molecule is C=C1C2CC[C@@]3(C)C(c4ccoc4)OC(=O)C[C@@]13OC1CC(O)C(C)(C)C(CC(=O)OC)[C@@]12C. The van der Waals surface area contributed by atoms with E-state index in [-0.39, 0.29) is 42.7 Å². The second kappa shape index (κ2) is 7.44. The summed E-state index contributed by atoms with van der Waals surface area (Å²) in [6, 6.07) is 1.84. The van der Waals surface area contributed by atoms with Crippen molar-refractivity contribution in [3.05, 3.63) is 36.3 Å². The Morgan fingerprint density at radius 2 is 2.03 bits per heavy atom. The van der Waals surface area contributed by atoms with Gasteiger partial charge in [0.05, 0.1) is 38.3 Å². The second-order valence-corrected chi connectivity index (χ2v) is 11.8. The van der Waals surface area contributed by atoms with Crippen molar-refractivity contribution in [2.75, 3.05) is 7.11 Å². The number of rotatable bonds is 3. The van der Waals surface area contributed by atoms with E-state index in [0.29, 0.717) is 6.42 Å². The molecular weight excluding hydrogens is 436 g/mol. The van der Waals surface area contributed by atoms with E-state index in [1.54, 1.807) is 12.5 Å². The number of aliphatic hydroxyl groups is 1. The smallest absolute Gasteiger partial charge is 0.309 e. The van der Waals surface area contributed by atoms with Gasteiger partial charge in [-0.25, -0.2) is 0 Å². The van der Waals surface area contributed by atoms with Gasteiger partial charge in [-0.1, -0.05) is 34.3 Å². The summed E-state index contributed by atoms with van der Waals surface area (Å²) < 4.78 is 23.3. The van der Waals surface area contributed by atoms with Crippen LogP contribution < -0.4 is 0 Å². The van der Waals surface area contributed by atoms with Gasteiger partial charge in [-0.2, -0.15) is 0 Å². The first kappa shape index (κ1) is 23.6. The summed E-state index contributed by atoms with van der Waals surface area (Å²) in [5.41, 5.74) is -0.672. The molecule has 34 heavy (non-hydrogen) atoms. The lowest BCUT2D eigenvalue weighted by Crippen LogP contribution is -2.73. The Bertz CT molecular complexity index is 1010. The van der Waals surface area contributed by atoms with Crippen LogP contribution in [0.4, 0.5) is 0 Å². The summed E-state index contributed by atoms with van der Waals surface area (Å²) in [5.74, 6) is -0.752. The van der Waals surface area contributed by atoms with Gasteiger partial charge in [-0.3, -0.25) is 9.59 Å². The van der Waals surface area contributed by atoms with Gasteiger partial charge in [-0.05, 0) is 41.7 Å². The zero-order chi connectivity index (χ0) is 24.7. The van der Waals surface area contributed by atoms with Crippen LogP contribution in [0.3, 0.4) is 0 Å². The molecule has 7 heteroatoms. The summed E-state index contributed by atoms with van der Waals surface area (Å²) in [6.07, 6.45) is 4.06. The Morgan fingerprint density at radius 3 is 2.68 bits per heavy atom. The van der Waals surface area contributed by atoms with Crippen molar-refractivity contribution < 1.29 is 33.3 Å². The van der Waals surface area contributed by atoms with Gasteiger partial charge in [0.2, 0.25) is 0 Å². The monoisotopic (exact) mass is 472 g/mol. The molecule has 3 heterocycles. The van der Waals surface area contributed by atoms with Crippen LogP contribution in [0.1, 0.15) is 71.5 Å². The summed E-state index contributed by atoms with van der Waals surface area (Å²) in [4.78, 5) is 25.5. The topological polar surface area (TPSA) is 95.2 Å². The van der Waals surface area contributed by atoms with Crippen LogP contribution in [0.5, 0.6) is 0 Å². The lowest BCUT2D eigenvalue weighted by atomic mass is 9.41. The molecule has 1 aromatic rings. The molecule has 1 aromatic heterocycles. The lowest BCUT2D eigenvalue weighted by Gasteiger charge is -2.71. The quantitative estimate of drug-likeness (QED) is 0.516. The van der Waals surface area contributed by atoms with E-state index in [0.717, 1.165) is 24.0 Å². The highest BCUT2D eigenvalue weighted by molar-refractivity contribution is 5.74. The van der Waals surface area contributed by atoms with Crippen molar-refractivity contribution in [2.24, 2.45) is 28.1 Å². The van der Waals surface area contributed by atoms with Crippen molar-refractivity contribution in [3.8, 4) is 0 Å². The molecule has 5 unspecified atom stereocenters. The van der Waals surface area contributed by atoms with E-state index >= 15 is 0 Å². The number of carbonyl (C=O) groups is 2. The number of fused-ring (bicyclic) bond motifs is 3. The van der Waals surface area contributed by atoms with Crippen molar-refractivity contribution in [2.45, 2.75) is 83.7 Å². The predicted molar refractivity (Wildman–Crippen MR) is 122 cm³/mol. The Kier molecular flexibility index (Phi) is 5.17. The van der Waals surface area contributed by atoms with Crippen LogP contribution in [0.25, 0.3) is 0 Å². The summed E-state index contributed by atoms with van der Waals surface area (Å²) in [5, 5.41) is 11.2. The van der Waals surface area contributed by atoms with Gasteiger partial charge in [0, 0.05) is 29.2 Å². The largest absolute Gasteiger partial charge is 0.472 e. The van der Waals surface area contributed by atoms with Crippen molar-refractivity contribution >= 4 is 11.9 Å². The van der Waals surface area contributed by atoms with Crippen LogP contribution >= 0.6 is 0 Å².